The second-order valence-electron chi connectivity index (χ2n) is 5.56. The van der Waals surface area contributed by atoms with Gasteiger partial charge in [-0.1, -0.05) is 19.1 Å². The molecule has 6 nitrogen and oxygen atoms in total. The third-order valence-corrected chi connectivity index (χ3v) is 4.14. The van der Waals surface area contributed by atoms with E-state index in [9.17, 15) is 9.59 Å². The SMILES string of the molecule is CC[C@H]1c2c(nc(C)[nH]c2=O)Oc2c1c(=O)oc1ccccc21. The van der Waals surface area contributed by atoms with Crippen LogP contribution in [0.15, 0.2) is 38.3 Å². The van der Waals surface area contributed by atoms with Crippen LogP contribution in [0.3, 0.4) is 0 Å². The highest BCUT2D eigenvalue weighted by atomic mass is 16.5. The Hall–Kier alpha value is -2.89. The lowest BCUT2D eigenvalue weighted by Gasteiger charge is -2.25. The second kappa shape index (κ2) is 4.81. The van der Waals surface area contributed by atoms with E-state index in [-0.39, 0.29) is 11.4 Å². The molecule has 0 unspecified atom stereocenters. The van der Waals surface area contributed by atoms with Crippen molar-refractivity contribution in [3.05, 3.63) is 62.0 Å². The molecular formula is C17H14N2O4. The van der Waals surface area contributed by atoms with Crippen molar-refractivity contribution >= 4 is 11.0 Å². The Bertz CT molecular complexity index is 1050. The average molecular weight is 310 g/mol. The van der Waals surface area contributed by atoms with E-state index in [1.165, 1.54) is 0 Å². The first-order valence-electron chi connectivity index (χ1n) is 7.44. The summed E-state index contributed by atoms with van der Waals surface area (Å²) in [6.45, 7) is 3.61. The summed E-state index contributed by atoms with van der Waals surface area (Å²) in [6, 6.07) is 7.18. The lowest BCUT2D eigenvalue weighted by Crippen LogP contribution is -2.27. The molecule has 3 heterocycles. The van der Waals surface area contributed by atoms with E-state index in [1.807, 2.05) is 19.1 Å². The molecule has 0 saturated carbocycles. The van der Waals surface area contributed by atoms with Crippen molar-refractivity contribution in [3.63, 3.8) is 0 Å². The number of aromatic amines is 1. The van der Waals surface area contributed by atoms with Crippen LogP contribution in [-0.4, -0.2) is 9.97 Å². The second-order valence-corrected chi connectivity index (χ2v) is 5.56. The monoisotopic (exact) mass is 310 g/mol. The van der Waals surface area contributed by atoms with Crippen LogP contribution in [0.1, 0.15) is 36.2 Å². The van der Waals surface area contributed by atoms with Gasteiger partial charge in [0, 0.05) is 5.92 Å². The van der Waals surface area contributed by atoms with Crippen LogP contribution in [0.4, 0.5) is 0 Å². The van der Waals surface area contributed by atoms with Crippen LogP contribution in [0.5, 0.6) is 11.6 Å². The molecule has 0 bridgehead atoms. The van der Waals surface area contributed by atoms with Gasteiger partial charge in [-0.15, -0.1) is 0 Å². The molecule has 116 valence electrons. The summed E-state index contributed by atoms with van der Waals surface area (Å²) < 4.78 is 11.3. The molecule has 0 radical (unpaired) electrons. The minimum absolute atomic E-state index is 0.265. The molecule has 2 aromatic heterocycles. The molecule has 4 rings (SSSR count). The Morgan fingerprint density at radius 2 is 2.00 bits per heavy atom. The van der Waals surface area contributed by atoms with E-state index >= 15 is 0 Å². The number of aryl methyl sites for hydroxylation is 1. The summed E-state index contributed by atoms with van der Waals surface area (Å²) in [5, 5.41) is 0.700. The van der Waals surface area contributed by atoms with Crippen molar-refractivity contribution in [2.45, 2.75) is 26.2 Å². The third kappa shape index (κ3) is 1.91. The first-order valence-corrected chi connectivity index (χ1v) is 7.44. The van der Waals surface area contributed by atoms with Crippen LogP contribution in [0.25, 0.3) is 11.0 Å². The van der Waals surface area contributed by atoms with E-state index in [4.69, 9.17) is 9.15 Å². The van der Waals surface area contributed by atoms with Crippen molar-refractivity contribution in [1.82, 2.24) is 9.97 Å². The minimum Gasteiger partial charge on any atom is -0.437 e. The van der Waals surface area contributed by atoms with Gasteiger partial charge in [0.2, 0.25) is 5.88 Å². The Morgan fingerprint density at radius 3 is 2.78 bits per heavy atom. The van der Waals surface area contributed by atoms with Crippen LogP contribution >= 0.6 is 0 Å². The van der Waals surface area contributed by atoms with E-state index in [2.05, 4.69) is 9.97 Å². The van der Waals surface area contributed by atoms with Gasteiger partial charge >= 0.3 is 5.63 Å². The number of hydrogen-bond donors (Lipinski definition) is 1. The summed E-state index contributed by atoms with van der Waals surface area (Å²) in [5.74, 6) is 0.779. The first kappa shape index (κ1) is 13.8. The van der Waals surface area contributed by atoms with Gasteiger partial charge in [-0.2, -0.15) is 4.98 Å². The smallest absolute Gasteiger partial charge is 0.343 e. The summed E-state index contributed by atoms with van der Waals surface area (Å²) >= 11 is 0. The summed E-state index contributed by atoms with van der Waals surface area (Å²) in [4.78, 5) is 31.8. The number of fused-ring (bicyclic) bond motifs is 4. The molecule has 3 aromatic rings. The van der Waals surface area contributed by atoms with E-state index in [1.54, 1.807) is 19.1 Å². The number of ether oxygens (including phenoxy) is 1. The molecule has 1 N–H and O–H groups in total. The molecule has 1 aliphatic rings. The predicted molar refractivity (Wildman–Crippen MR) is 84.3 cm³/mol. The van der Waals surface area contributed by atoms with Crippen LogP contribution in [0.2, 0.25) is 0 Å². The molecule has 0 saturated heterocycles. The molecular weight excluding hydrogens is 296 g/mol. The van der Waals surface area contributed by atoms with Crippen molar-refractivity contribution in [1.29, 1.82) is 0 Å². The Morgan fingerprint density at radius 1 is 1.22 bits per heavy atom. The fourth-order valence-corrected chi connectivity index (χ4v) is 3.15. The van der Waals surface area contributed by atoms with Gasteiger partial charge in [0.1, 0.15) is 11.4 Å². The van der Waals surface area contributed by atoms with Gasteiger partial charge in [0.05, 0.1) is 16.5 Å². The fraction of sp³-hybridized carbons (Fsp3) is 0.235. The number of nitrogens with zero attached hydrogens (tertiary/aromatic N) is 1. The molecule has 0 fully saturated rings. The normalized spacial score (nSPS) is 15.8. The van der Waals surface area contributed by atoms with E-state index in [0.717, 1.165) is 0 Å². The number of rotatable bonds is 1. The highest BCUT2D eigenvalue weighted by Gasteiger charge is 2.34. The predicted octanol–water partition coefficient (Wildman–Crippen LogP) is 2.83. The lowest BCUT2D eigenvalue weighted by atomic mass is 9.88. The van der Waals surface area contributed by atoms with Crippen LogP contribution < -0.4 is 15.9 Å². The van der Waals surface area contributed by atoms with Crippen molar-refractivity contribution in [2.24, 2.45) is 0 Å². The standard InChI is InChI=1S/C17H14N2O4/c1-3-9-12-14(10-6-4-5-7-11(10)22-17(12)21)23-16-13(9)15(20)18-8(2)19-16/h4-7,9H,3H2,1-2H3,(H,18,19,20)/t9-/m1/s1. The molecule has 1 aromatic carbocycles. The number of nitrogens with one attached hydrogen (secondary N) is 1. The Labute approximate surface area is 130 Å². The molecule has 1 aliphatic heterocycles. The molecule has 1 atom stereocenters. The zero-order valence-corrected chi connectivity index (χ0v) is 12.7. The molecule has 0 spiro atoms. The molecule has 0 aliphatic carbocycles. The zero-order valence-electron chi connectivity index (χ0n) is 12.7. The maximum Gasteiger partial charge on any atom is 0.343 e. The number of benzene rings is 1. The maximum absolute atomic E-state index is 12.5. The van der Waals surface area contributed by atoms with E-state index < -0.39 is 11.5 Å². The summed E-state index contributed by atoms with van der Waals surface area (Å²) in [5.41, 5.74) is 0.466. The average Bonchev–Trinajstić information content (AvgIpc) is 2.52. The van der Waals surface area contributed by atoms with Crippen molar-refractivity contribution in [3.8, 4) is 11.6 Å². The molecule has 6 heteroatoms. The van der Waals surface area contributed by atoms with Gasteiger partial charge in [-0.25, -0.2) is 4.79 Å². The first-order chi connectivity index (χ1) is 11.1. The summed E-state index contributed by atoms with van der Waals surface area (Å²) in [7, 11) is 0. The largest absolute Gasteiger partial charge is 0.437 e. The van der Waals surface area contributed by atoms with E-state index in [0.29, 0.717) is 40.1 Å². The van der Waals surface area contributed by atoms with Gasteiger partial charge in [-0.3, -0.25) is 4.79 Å². The summed E-state index contributed by atoms with van der Waals surface area (Å²) in [6.07, 6.45) is 0.570. The highest BCUT2D eigenvalue weighted by Crippen LogP contribution is 2.44. The van der Waals surface area contributed by atoms with Gasteiger partial charge < -0.3 is 14.1 Å². The number of aromatic nitrogens is 2. The van der Waals surface area contributed by atoms with Crippen LogP contribution in [0, 0.1) is 6.92 Å². The lowest BCUT2D eigenvalue weighted by molar-refractivity contribution is 0.409. The third-order valence-electron chi connectivity index (χ3n) is 4.14. The quantitative estimate of drug-likeness (QED) is 0.699. The van der Waals surface area contributed by atoms with Crippen molar-refractivity contribution in [2.75, 3.05) is 0 Å². The number of hydrogen-bond acceptors (Lipinski definition) is 5. The molecule has 23 heavy (non-hydrogen) atoms. The zero-order chi connectivity index (χ0) is 16.1. The number of para-hydroxylation sites is 1. The topological polar surface area (TPSA) is 85.2 Å². The van der Waals surface area contributed by atoms with Crippen LogP contribution in [-0.2, 0) is 0 Å². The van der Waals surface area contributed by atoms with Gasteiger partial charge in [-0.05, 0) is 25.5 Å². The highest BCUT2D eigenvalue weighted by molar-refractivity contribution is 5.85. The Balaban J connectivity index is 2.12. The van der Waals surface area contributed by atoms with Gasteiger partial charge in [0.25, 0.3) is 5.56 Å². The maximum atomic E-state index is 12.5. The fourth-order valence-electron chi connectivity index (χ4n) is 3.15. The molecule has 0 amide bonds. The van der Waals surface area contributed by atoms with Gasteiger partial charge in [0.15, 0.2) is 5.75 Å². The Kier molecular flexibility index (Phi) is 2.87. The minimum atomic E-state index is -0.476. The van der Waals surface area contributed by atoms with Crippen molar-refractivity contribution < 1.29 is 9.15 Å². The number of H-pyrrole nitrogens is 1.